The molecule has 1 unspecified atom stereocenters. The number of hydrogen-bond donors (Lipinski definition) is 0. The van der Waals surface area contributed by atoms with Gasteiger partial charge in [0.1, 0.15) is 12.7 Å². The van der Waals surface area contributed by atoms with E-state index in [0.29, 0.717) is 0 Å². The summed E-state index contributed by atoms with van der Waals surface area (Å²) in [4.78, 5) is 35.9. The number of ether oxygens (including phenoxy) is 4. The average molecular weight is 315 g/mol. The summed E-state index contributed by atoms with van der Waals surface area (Å²) in [5.74, 6) is -2.36. The lowest BCUT2D eigenvalue weighted by atomic mass is 9.99. The van der Waals surface area contributed by atoms with Crippen molar-refractivity contribution in [3.05, 3.63) is 10.4 Å². The summed E-state index contributed by atoms with van der Waals surface area (Å²) in [6, 6.07) is 0. The molecule has 0 amide bonds. The molecule has 1 heterocycles. The minimum absolute atomic E-state index is 0.0713. The molecule has 1 aliphatic heterocycles. The van der Waals surface area contributed by atoms with Gasteiger partial charge in [-0.15, -0.1) is 0 Å². The van der Waals surface area contributed by atoms with Gasteiger partial charge in [0.15, 0.2) is 6.10 Å². The third kappa shape index (κ3) is 5.23. The lowest BCUT2D eigenvalue weighted by Crippen LogP contribution is -2.36. The second-order valence-corrected chi connectivity index (χ2v) is 4.61. The monoisotopic (exact) mass is 315 g/mol. The van der Waals surface area contributed by atoms with Crippen LogP contribution in [0, 0.1) is 5.92 Å². The van der Waals surface area contributed by atoms with Gasteiger partial charge in [-0.3, -0.25) is 14.4 Å². The van der Waals surface area contributed by atoms with E-state index in [1.165, 1.54) is 20.8 Å². The van der Waals surface area contributed by atoms with Gasteiger partial charge in [0, 0.05) is 38.1 Å². The number of carbonyl (C=O) groups excluding carboxylic acids is 3. The first kappa shape index (κ1) is 17.7. The molecule has 0 aromatic heterocycles. The third-order valence-electron chi connectivity index (χ3n) is 2.87. The van der Waals surface area contributed by atoms with Gasteiger partial charge in [0.2, 0.25) is 6.29 Å². The van der Waals surface area contributed by atoms with Gasteiger partial charge in [-0.05, 0) is 5.53 Å². The standard InChI is InChI=1S/C12H17N3O7/c1-6(16)19-5-10-9(4-14-15-13)11(20-7(2)17)12(22-10)21-8(3)18/h9-12H,4-5H2,1-3H3/t9-,10-,11-,12?/m1/s1. The number of hydrogen-bond acceptors (Lipinski definition) is 8. The molecule has 22 heavy (non-hydrogen) atoms. The van der Waals surface area contributed by atoms with Crippen molar-refractivity contribution in [2.75, 3.05) is 13.2 Å². The highest BCUT2D eigenvalue weighted by molar-refractivity contribution is 5.67. The topological polar surface area (TPSA) is 137 Å². The maximum absolute atomic E-state index is 11.2. The molecule has 10 heteroatoms. The molecule has 0 aromatic carbocycles. The van der Waals surface area contributed by atoms with E-state index >= 15 is 0 Å². The van der Waals surface area contributed by atoms with Crippen LogP contribution in [0.2, 0.25) is 0 Å². The third-order valence-corrected chi connectivity index (χ3v) is 2.87. The number of esters is 3. The van der Waals surface area contributed by atoms with Crippen molar-refractivity contribution in [1.82, 2.24) is 0 Å². The summed E-state index contributed by atoms with van der Waals surface area (Å²) in [7, 11) is 0. The quantitative estimate of drug-likeness (QED) is 0.231. The fraction of sp³-hybridized carbons (Fsp3) is 0.750. The maximum Gasteiger partial charge on any atom is 0.305 e. The fourth-order valence-corrected chi connectivity index (χ4v) is 2.07. The Labute approximate surface area is 126 Å². The molecule has 10 nitrogen and oxygen atoms in total. The molecule has 0 aliphatic carbocycles. The lowest BCUT2D eigenvalue weighted by Gasteiger charge is -2.21. The molecular formula is C12H17N3O7. The lowest BCUT2D eigenvalue weighted by molar-refractivity contribution is -0.196. The first-order valence-electron chi connectivity index (χ1n) is 6.49. The zero-order chi connectivity index (χ0) is 16.7. The second-order valence-electron chi connectivity index (χ2n) is 4.61. The van der Waals surface area contributed by atoms with Gasteiger partial charge in [-0.2, -0.15) is 0 Å². The molecule has 0 aromatic rings. The van der Waals surface area contributed by atoms with Gasteiger partial charge in [0.25, 0.3) is 0 Å². The fourth-order valence-electron chi connectivity index (χ4n) is 2.07. The van der Waals surface area contributed by atoms with Crippen LogP contribution in [0.15, 0.2) is 5.11 Å². The molecule has 1 aliphatic rings. The molecule has 0 N–H and O–H groups in total. The van der Waals surface area contributed by atoms with Gasteiger partial charge >= 0.3 is 17.9 Å². The van der Waals surface area contributed by atoms with Crippen LogP contribution in [0.5, 0.6) is 0 Å². The summed E-state index contributed by atoms with van der Waals surface area (Å²) in [6.45, 7) is 3.38. The van der Waals surface area contributed by atoms with Crippen LogP contribution in [0.3, 0.4) is 0 Å². The van der Waals surface area contributed by atoms with Crippen LogP contribution in [0.1, 0.15) is 20.8 Å². The summed E-state index contributed by atoms with van der Waals surface area (Å²) in [6.07, 6.45) is -2.84. The van der Waals surface area contributed by atoms with Crippen molar-refractivity contribution in [1.29, 1.82) is 0 Å². The molecule has 1 rings (SSSR count). The predicted molar refractivity (Wildman–Crippen MR) is 70.1 cm³/mol. The molecule has 0 radical (unpaired) electrons. The Morgan fingerprint density at radius 2 is 1.77 bits per heavy atom. The summed E-state index contributed by atoms with van der Waals surface area (Å²) in [5, 5.41) is 3.43. The highest BCUT2D eigenvalue weighted by Gasteiger charge is 2.48. The normalized spacial score (nSPS) is 26.7. The number of carbonyl (C=O) groups is 3. The van der Waals surface area contributed by atoms with Crippen LogP contribution < -0.4 is 0 Å². The summed E-state index contributed by atoms with van der Waals surface area (Å²) < 4.78 is 20.4. The van der Waals surface area contributed by atoms with Gasteiger partial charge < -0.3 is 18.9 Å². The van der Waals surface area contributed by atoms with E-state index in [2.05, 4.69) is 10.0 Å². The van der Waals surface area contributed by atoms with E-state index in [0.717, 1.165) is 0 Å². The first-order chi connectivity index (χ1) is 10.3. The summed E-state index contributed by atoms with van der Waals surface area (Å²) in [5.41, 5.74) is 8.45. The number of nitrogens with zero attached hydrogens (tertiary/aromatic N) is 3. The predicted octanol–water partition coefficient (Wildman–Crippen LogP) is 0.696. The Bertz CT molecular complexity index is 489. The SMILES string of the molecule is CC(=O)OC[C@H]1OC(OC(C)=O)[C@H](OC(C)=O)[C@@H]1CN=[N+]=[N-]. The number of rotatable bonds is 6. The zero-order valence-corrected chi connectivity index (χ0v) is 12.4. The molecule has 0 bridgehead atoms. The first-order valence-corrected chi connectivity index (χ1v) is 6.49. The molecule has 1 fully saturated rings. The van der Waals surface area contributed by atoms with Gasteiger partial charge in [-0.1, -0.05) is 5.11 Å². The van der Waals surface area contributed by atoms with Crippen molar-refractivity contribution in [3.8, 4) is 0 Å². The smallest absolute Gasteiger partial charge is 0.305 e. The summed E-state index contributed by atoms with van der Waals surface area (Å²) >= 11 is 0. The van der Waals surface area contributed by atoms with Gasteiger partial charge in [0.05, 0.1) is 0 Å². The molecule has 0 saturated carbocycles. The van der Waals surface area contributed by atoms with Crippen LogP contribution in [-0.4, -0.2) is 49.6 Å². The van der Waals surface area contributed by atoms with Crippen molar-refractivity contribution in [3.63, 3.8) is 0 Å². The van der Waals surface area contributed by atoms with Crippen molar-refractivity contribution >= 4 is 17.9 Å². The van der Waals surface area contributed by atoms with Crippen molar-refractivity contribution in [2.45, 2.75) is 39.3 Å². The van der Waals surface area contributed by atoms with Crippen LogP contribution in [0.4, 0.5) is 0 Å². The van der Waals surface area contributed by atoms with E-state index in [1.54, 1.807) is 0 Å². The van der Waals surface area contributed by atoms with Gasteiger partial charge in [-0.25, -0.2) is 0 Å². The Morgan fingerprint density at radius 1 is 1.14 bits per heavy atom. The molecule has 122 valence electrons. The van der Waals surface area contributed by atoms with Crippen LogP contribution in [-0.2, 0) is 33.3 Å². The largest absolute Gasteiger partial charge is 0.463 e. The van der Waals surface area contributed by atoms with E-state index in [-0.39, 0.29) is 13.2 Å². The molecule has 1 saturated heterocycles. The van der Waals surface area contributed by atoms with E-state index in [1.807, 2.05) is 0 Å². The Hall–Kier alpha value is -2.32. The van der Waals surface area contributed by atoms with Crippen molar-refractivity contribution in [2.24, 2.45) is 11.0 Å². The minimum atomic E-state index is -1.15. The van der Waals surface area contributed by atoms with E-state index in [4.69, 9.17) is 24.5 Å². The zero-order valence-electron chi connectivity index (χ0n) is 12.4. The molecule has 4 atom stereocenters. The van der Waals surface area contributed by atoms with Crippen LogP contribution in [0.25, 0.3) is 10.4 Å². The highest BCUT2D eigenvalue weighted by Crippen LogP contribution is 2.31. The van der Waals surface area contributed by atoms with Crippen LogP contribution >= 0.6 is 0 Å². The second kappa shape index (κ2) is 8.20. The Morgan fingerprint density at radius 3 is 2.27 bits per heavy atom. The average Bonchev–Trinajstić information content (AvgIpc) is 2.70. The van der Waals surface area contributed by atoms with Crippen molar-refractivity contribution < 1.29 is 33.3 Å². The van der Waals surface area contributed by atoms with E-state index in [9.17, 15) is 14.4 Å². The number of azide groups is 1. The molecule has 0 spiro atoms. The maximum atomic E-state index is 11.2. The Kier molecular flexibility index (Phi) is 6.61. The highest BCUT2D eigenvalue weighted by atomic mass is 16.7. The minimum Gasteiger partial charge on any atom is -0.463 e. The van der Waals surface area contributed by atoms with E-state index < -0.39 is 42.3 Å². The Balaban J connectivity index is 2.94. The molecular weight excluding hydrogens is 298 g/mol.